The largest absolute Gasteiger partial charge is 0.489 e. The molecule has 1 aromatic heterocycles. The third kappa shape index (κ3) is 3.19. The molecule has 0 radical (unpaired) electrons. The van der Waals surface area contributed by atoms with E-state index in [4.69, 9.17) is 15.6 Å². The number of ether oxygens (including phenoxy) is 1. The Morgan fingerprint density at radius 2 is 1.76 bits per heavy atom. The molecule has 0 aliphatic heterocycles. The minimum absolute atomic E-state index is 0.0438. The van der Waals surface area contributed by atoms with E-state index >= 15 is 0 Å². The van der Waals surface area contributed by atoms with Gasteiger partial charge < -0.3 is 15.6 Å². The number of aliphatic hydroxyl groups excluding tert-OH is 1. The first-order valence-corrected chi connectivity index (χ1v) is 5.31. The minimum atomic E-state index is 0.0438. The van der Waals surface area contributed by atoms with Crippen molar-refractivity contribution < 1.29 is 9.84 Å². The Labute approximate surface area is 99.7 Å². The molecule has 4 heteroatoms. The predicted octanol–water partition coefficient (Wildman–Crippen LogP) is 1.74. The maximum Gasteiger partial charge on any atom is 0.123 e. The summed E-state index contributed by atoms with van der Waals surface area (Å²) in [5, 5.41) is 8.90. The first-order chi connectivity index (χ1) is 8.28. The van der Waals surface area contributed by atoms with Crippen LogP contribution >= 0.6 is 0 Å². The van der Waals surface area contributed by atoms with E-state index in [0.29, 0.717) is 12.4 Å². The molecule has 0 saturated carbocycles. The molecule has 0 aliphatic carbocycles. The summed E-state index contributed by atoms with van der Waals surface area (Å²) in [6, 6.07) is 10.9. The maximum atomic E-state index is 8.90. The zero-order valence-corrected chi connectivity index (χ0v) is 9.34. The number of nitrogen functional groups attached to an aromatic ring is 1. The highest BCUT2D eigenvalue weighted by Crippen LogP contribution is 2.14. The van der Waals surface area contributed by atoms with Crippen molar-refractivity contribution in [3.8, 4) is 5.75 Å². The smallest absolute Gasteiger partial charge is 0.123 e. The fraction of sp³-hybridized carbons (Fsp3) is 0.154. The summed E-state index contributed by atoms with van der Waals surface area (Å²) in [4.78, 5) is 3.98. The first kappa shape index (κ1) is 11.4. The fourth-order valence-electron chi connectivity index (χ4n) is 1.38. The molecular weight excluding hydrogens is 216 g/mol. The quantitative estimate of drug-likeness (QED) is 0.839. The van der Waals surface area contributed by atoms with E-state index in [-0.39, 0.29) is 6.61 Å². The number of pyridine rings is 1. The summed E-state index contributed by atoms with van der Waals surface area (Å²) < 4.78 is 5.57. The fourth-order valence-corrected chi connectivity index (χ4v) is 1.38. The van der Waals surface area contributed by atoms with Crippen molar-refractivity contribution in [1.82, 2.24) is 4.98 Å². The maximum absolute atomic E-state index is 8.90. The molecule has 0 amide bonds. The highest BCUT2D eigenvalue weighted by atomic mass is 16.5. The standard InChI is InChI=1S/C13H14N2O2/c14-13-6-3-11(7-15-13)9-17-12-4-1-10(8-16)2-5-12/h1-7,16H,8-9H2,(H2,14,15). The third-order valence-electron chi connectivity index (χ3n) is 2.36. The second kappa shape index (κ2) is 5.32. The molecule has 88 valence electrons. The van der Waals surface area contributed by atoms with Gasteiger partial charge in [0.25, 0.3) is 0 Å². The van der Waals surface area contributed by atoms with Crippen LogP contribution in [0.15, 0.2) is 42.6 Å². The number of nitrogens with zero attached hydrogens (tertiary/aromatic N) is 1. The lowest BCUT2D eigenvalue weighted by molar-refractivity contribution is 0.280. The summed E-state index contributed by atoms with van der Waals surface area (Å²) in [6.45, 7) is 0.494. The molecule has 1 heterocycles. The summed E-state index contributed by atoms with van der Waals surface area (Å²) in [5.41, 5.74) is 7.32. The monoisotopic (exact) mass is 230 g/mol. The van der Waals surface area contributed by atoms with Crippen molar-refractivity contribution >= 4 is 5.82 Å². The molecule has 4 nitrogen and oxygen atoms in total. The van der Waals surface area contributed by atoms with Crippen LogP contribution in [0.5, 0.6) is 5.75 Å². The van der Waals surface area contributed by atoms with Gasteiger partial charge in [-0.25, -0.2) is 4.98 Å². The van der Waals surface area contributed by atoms with Gasteiger partial charge in [0, 0.05) is 11.8 Å². The molecule has 2 aromatic rings. The van der Waals surface area contributed by atoms with Crippen LogP contribution in [-0.2, 0) is 13.2 Å². The second-order valence-electron chi connectivity index (χ2n) is 3.68. The molecule has 0 atom stereocenters. The average molecular weight is 230 g/mol. The van der Waals surface area contributed by atoms with Crippen LogP contribution in [0.3, 0.4) is 0 Å². The lowest BCUT2D eigenvalue weighted by Crippen LogP contribution is -1.97. The van der Waals surface area contributed by atoms with Gasteiger partial charge in [0.2, 0.25) is 0 Å². The number of aromatic nitrogens is 1. The van der Waals surface area contributed by atoms with Gasteiger partial charge in [0.1, 0.15) is 18.2 Å². The lowest BCUT2D eigenvalue weighted by atomic mass is 10.2. The molecule has 0 saturated heterocycles. The van der Waals surface area contributed by atoms with Crippen LogP contribution in [0, 0.1) is 0 Å². The topological polar surface area (TPSA) is 68.4 Å². The van der Waals surface area contributed by atoms with Crippen LogP contribution in [0.2, 0.25) is 0 Å². The van der Waals surface area contributed by atoms with Gasteiger partial charge in [-0.2, -0.15) is 0 Å². The number of nitrogens with two attached hydrogens (primary N) is 1. The van der Waals surface area contributed by atoms with Crippen LogP contribution < -0.4 is 10.5 Å². The Morgan fingerprint density at radius 1 is 1.06 bits per heavy atom. The molecule has 0 unspecified atom stereocenters. The summed E-state index contributed by atoms with van der Waals surface area (Å²) >= 11 is 0. The Morgan fingerprint density at radius 3 is 2.35 bits per heavy atom. The van der Waals surface area contributed by atoms with E-state index < -0.39 is 0 Å². The molecule has 0 fully saturated rings. The zero-order valence-electron chi connectivity index (χ0n) is 9.34. The van der Waals surface area contributed by atoms with E-state index in [2.05, 4.69) is 4.98 Å². The third-order valence-corrected chi connectivity index (χ3v) is 2.36. The van der Waals surface area contributed by atoms with Gasteiger partial charge in [-0.3, -0.25) is 0 Å². The van der Waals surface area contributed by atoms with E-state index in [1.807, 2.05) is 30.3 Å². The van der Waals surface area contributed by atoms with Crippen LogP contribution in [0.25, 0.3) is 0 Å². The Bertz CT molecular complexity index is 466. The summed E-state index contributed by atoms with van der Waals surface area (Å²) in [6.07, 6.45) is 1.69. The Balaban J connectivity index is 1.95. The lowest BCUT2D eigenvalue weighted by Gasteiger charge is -2.06. The molecule has 0 aliphatic rings. The van der Waals surface area contributed by atoms with E-state index in [1.165, 1.54) is 0 Å². The summed E-state index contributed by atoms with van der Waals surface area (Å²) in [5.74, 6) is 1.26. The van der Waals surface area contributed by atoms with Gasteiger partial charge in [0.05, 0.1) is 6.61 Å². The van der Waals surface area contributed by atoms with Crippen LogP contribution in [0.4, 0.5) is 5.82 Å². The van der Waals surface area contributed by atoms with Gasteiger partial charge in [-0.1, -0.05) is 18.2 Å². The highest BCUT2D eigenvalue weighted by molar-refractivity contribution is 5.30. The number of aliphatic hydroxyl groups is 1. The summed E-state index contributed by atoms with van der Waals surface area (Å²) in [7, 11) is 0. The van der Waals surface area contributed by atoms with E-state index in [0.717, 1.165) is 16.9 Å². The predicted molar refractivity (Wildman–Crippen MR) is 65.3 cm³/mol. The van der Waals surface area contributed by atoms with E-state index in [9.17, 15) is 0 Å². The number of anilines is 1. The normalized spacial score (nSPS) is 10.2. The second-order valence-corrected chi connectivity index (χ2v) is 3.68. The van der Waals surface area contributed by atoms with Crippen molar-refractivity contribution in [3.63, 3.8) is 0 Å². The molecule has 0 bridgehead atoms. The van der Waals surface area contributed by atoms with Gasteiger partial charge >= 0.3 is 0 Å². The van der Waals surface area contributed by atoms with Gasteiger partial charge in [-0.15, -0.1) is 0 Å². The molecule has 0 spiro atoms. The molecule has 3 N–H and O–H groups in total. The average Bonchev–Trinajstić information content (AvgIpc) is 2.39. The molecule has 17 heavy (non-hydrogen) atoms. The number of hydrogen-bond acceptors (Lipinski definition) is 4. The number of benzene rings is 1. The van der Waals surface area contributed by atoms with Gasteiger partial charge in [-0.05, 0) is 23.8 Å². The Kier molecular flexibility index (Phi) is 3.57. The SMILES string of the molecule is Nc1ccc(COc2ccc(CO)cc2)cn1. The Hall–Kier alpha value is -2.07. The highest BCUT2D eigenvalue weighted by Gasteiger charge is 1.97. The molecule has 2 rings (SSSR count). The minimum Gasteiger partial charge on any atom is -0.489 e. The first-order valence-electron chi connectivity index (χ1n) is 5.31. The number of rotatable bonds is 4. The van der Waals surface area contributed by atoms with Crippen molar-refractivity contribution in [1.29, 1.82) is 0 Å². The molecule has 1 aromatic carbocycles. The van der Waals surface area contributed by atoms with Crippen molar-refractivity contribution in [2.24, 2.45) is 0 Å². The van der Waals surface area contributed by atoms with Crippen molar-refractivity contribution in [2.75, 3.05) is 5.73 Å². The van der Waals surface area contributed by atoms with Crippen LogP contribution in [-0.4, -0.2) is 10.1 Å². The van der Waals surface area contributed by atoms with Crippen molar-refractivity contribution in [3.05, 3.63) is 53.7 Å². The number of hydrogen-bond donors (Lipinski definition) is 2. The molecular formula is C13H14N2O2. The zero-order chi connectivity index (χ0) is 12.1. The van der Waals surface area contributed by atoms with Gasteiger partial charge in [0.15, 0.2) is 0 Å². The van der Waals surface area contributed by atoms with Crippen molar-refractivity contribution in [2.45, 2.75) is 13.2 Å². The van der Waals surface area contributed by atoms with Crippen LogP contribution in [0.1, 0.15) is 11.1 Å². The van der Waals surface area contributed by atoms with E-state index in [1.54, 1.807) is 12.3 Å².